The first-order chi connectivity index (χ1) is 9.11. The standard InChI is InChI=1S/C14H11F2NO2/c1-19-13-7-6-9(8-11(13)16)14(18)17-12-5-3-2-4-10(12)15/h2-8H,1H3,(H,17,18). The predicted molar refractivity (Wildman–Crippen MR) is 67.3 cm³/mol. The minimum Gasteiger partial charge on any atom is -0.494 e. The lowest BCUT2D eigenvalue weighted by atomic mass is 10.2. The normalized spacial score (nSPS) is 10.1. The number of nitrogens with one attached hydrogen (secondary N) is 1. The molecule has 0 unspecified atom stereocenters. The van der Waals surface area contributed by atoms with E-state index in [1.54, 1.807) is 6.07 Å². The number of hydrogen-bond acceptors (Lipinski definition) is 2. The van der Waals surface area contributed by atoms with Gasteiger partial charge in [-0.1, -0.05) is 12.1 Å². The molecule has 19 heavy (non-hydrogen) atoms. The topological polar surface area (TPSA) is 38.3 Å². The summed E-state index contributed by atoms with van der Waals surface area (Å²) in [5.74, 6) is -1.75. The summed E-state index contributed by atoms with van der Waals surface area (Å²) in [5, 5.41) is 2.37. The minimum absolute atomic E-state index is 0.0439. The van der Waals surface area contributed by atoms with Gasteiger partial charge in [-0.05, 0) is 30.3 Å². The van der Waals surface area contributed by atoms with Crippen LogP contribution in [0.15, 0.2) is 42.5 Å². The van der Waals surface area contributed by atoms with Crippen LogP contribution in [0.3, 0.4) is 0 Å². The largest absolute Gasteiger partial charge is 0.494 e. The van der Waals surface area contributed by atoms with Crippen LogP contribution in [-0.2, 0) is 0 Å². The Kier molecular flexibility index (Phi) is 3.75. The molecule has 1 amide bonds. The maximum Gasteiger partial charge on any atom is 0.255 e. The molecular weight excluding hydrogens is 252 g/mol. The molecule has 5 heteroatoms. The van der Waals surface area contributed by atoms with Crippen molar-refractivity contribution in [3.63, 3.8) is 0 Å². The molecule has 0 atom stereocenters. The summed E-state index contributed by atoms with van der Waals surface area (Å²) in [4.78, 5) is 11.8. The molecule has 98 valence electrons. The SMILES string of the molecule is COc1ccc(C(=O)Nc2ccccc2F)cc1F. The Morgan fingerprint density at radius 2 is 1.84 bits per heavy atom. The Hall–Kier alpha value is -2.43. The first-order valence-electron chi connectivity index (χ1n) is 5.51. The quantitative estimate of drug-likeness (QED) is 0.923. The number of anilines is 1. The Morgan fingerprint density at radius 3 is 2.47 bits per heavy atom. The third kappa shape index (κ3) is 2.88. The smallest absolute Gasteiger partial charge is 0.255 e. The molecule has 0 aliphatic carbocycles. The molecule has 3 nitrogen and oxygen atoms in total. The summed E-state index contributed by atoms with van der Waals surface area (Å²) in [6.07, 6.45) is 0. The number of ether oxygens (including phenoxy) is 1. The summed E-state index contributed by atoms with van der Waals surface area (Å²) < 4.78 is 31.6. The molecule has 0 aliphatic heterocycles. The molecule has 1 N–H and O–H groups in total. The van der Waals surface area contributed by atoms with Gasteiger partial charge in [-0.25, -0.2) is 8.78 Å². The minimum atomic E-state index is -0.649. The highest BCUT2D eigenvalue weighted by atomic mass is 19.1. The summed E-state index contributed by atoms with van der Waals surface area (Å²) in [7, 11) is 1.33. The van der Waals surface area contributed by atoms with Crippen LogP contribution >= 0.6 is 0 Å². The lowest BCUT2D eigenvalue weighted by Gasteiger charge is -2.07. The van der Waals surface area contributed by atoms with Crippen molar-refractivity contribution in [3.05, 3.63) is 59.7 Å². The molecule has 0 aliphatic rings. The van der Waals surface area contributed by atoms with Gasteiger partial charge in [-0.2, -0.15) is 0 Å². The highest BCUT2D eigenvalue weighted by Crippen LogP contribution is 2.19. The average Bonchev–Trinajstić information content (AvgIpc) is 2.41. The Bertz CT molecular complexity index is 614. The molecule has 0 aromatic heterocycles. The van der Waals surface area contributed by atoms with Crippen molar-refractivity contribution in [1.29, 1.82) is 0 Å². The predicted octanol–water partition coefficient (Wildman–Crippen LogP) is 3.23. The van der Waals surface area contributed by atoms with Gasteiger partial charge in [0.2, 0.25) is 0 Å². The van der Waals surface area contributed by atoms with E-state index in [0.717, 1.165) is 6.07 Å². The van der Waals surface area contributed by atoms with Gasteiger partial charge in [0.25, 0.3) is 5.91 Å². The zero-order chi connectivity index (χ0) is 13.8. The Morgan fingerprint density at radius 1 is 1.11 bits per heavy atom. The van der Waals surface area contributed by atoms with E-state index < -0.39 is 17.5 Å². The monoisotopic (exact) mass is 263 g/mol. The van der Waals surface area contributed by atoms with Crippen molar-refractivity contribution in [3.8, 4) is 5.75 Å². The fraction of sp³-hybridized carbons (Fsp3) is 0.0714. The number of benzene rings is 2. The lowest BCUT2D eigenvalue weighted by Crippen LogP contribution is -2.13. The highest BCUT2D eigenvalue weighted by molar-refractivity contribution is 6.04. The third-order valence-corrected chi connectivity index (χ3v) is 2.54. The van der Waals surface area contributed by atoms with E-state index in [-0.39, 0.29) is 17.0 Å². The second-order valence-corrected chi connectivity index (χ2v) is 3.78. The van der Waals surface area contributed by atoms with Crippen molar-refractivity contribution >= 4 is 11.6 Å². The molecular formula is C14H11F2NO2. The fourth-order valence-electron chi connectivity index (χ4n) is 1.56. The number of para-hydroxylation sites is 1. The molecule has 0 saturated carbocycles. The number of carbonyl (C=O) groups is 1. The van der Waals surface area contributed by atoms with Gasteiger partial charge in [0.15, 0.2) is 11.6 Å². The first-order valence-corrected chi connectivity index (χ1v) is 5.51. The molecule has 2 aromatic carbocycles. The number of amides is 1. The van der Waals surface area contributed by atoms with E-state index >= 15 is 0 Å². The lowest BCUT2D eigenvalue weighted by molar-refractivity contribution is 0.102. The number of halogens is 2. The maximum absolute atomic E-state index is 13.4. The van der Waals surface area contributed by atoms with Crippen LogP contribution in [0.2, 0.25) is 0 Å². The van der Waals surface area contributed by atoms with Gasteiger partial charge >= 0.3 is 0 Å². The van der Waals surface area contributed by atoms with Crippen LogP contribution in [0.25, 0.3) is 0 Å². The van der Waals surface area contributed by atoms with Crippen LogP contribution in [0.1, 0.15) is 10.4 Å². The second-order valence-electron chi connectivity index (χ2n) is 3.78. The van der Waals surface area contributed by atoms with E-state index in [9.17, 15) is 13.6 Å². The Balaban J connectivity index is 2.21. The van der Waals surface area contributed by atoms with Crippen LogP contribution in [-0.4, -0.2) is 13.0 Å². The molecule has 0 saturated heterocycles. The van der Waals surface area contributed by atoms with Crippen molar-refractivity contribution in [2.24, 2.45) is 0 Å². The molecule has 0 spiro atoms. The van der Waals surface area contributed by atoms with Gasteiger partial charge in [0, 0.05) is 5.56 Å². The van der Waals surface area contributed by atoms with E-state index in [2.05, 4.69) is 5.32 Å². The molecule has 0 heterocycles. The van der Waals surface area contributed by atoms with Crippen molar-refractivity contribution in [2.45, 2.75) is 0 Å². The fourth-order valence-corrected chi connectivity index (χ4v) is 1.56. The van der Waals surface area contributed by atoms with Crippen LogP contribution < -0.4 is 10.1 Å². The zero-order valence-corrected chi connectivity index (χ0v) is 10.1. The molecule has 2 aromatic rings. The van der Waals surface area contributed by atoms with Gasteiger partial charge in [-0.15, -0.1) is 0 Å². The average molecular weight is 263 g/mol. The molecule has 0 bridgehead atoms. The van der Waals surface area contributed by atoms with Crippen LogP contribution in [0, 0.1) is 11.6 Å². The van der Waals surface area contributed by atoms with Crippen molar-refractivity contribution in [2.75, 3.05) is 12.4 Å². The summed E-state index contributed by atoms with van der Waals surface area (Å²) >= 11 is 0. The van der Waals surface area contributed by atoms with Gasteiger partial charge in [-0.3, -0.25) is 4.79 Å². The van der Waals surface area contributed by atoms with Gasteiger partial charge in [0.1, 0.15) is 5.82 Å². The zero-order valence-electron chi connectivity index (χ0n) is 10.1. The summed E-state index contributed by atoms with van der Waals surface area (Å²) in [6.45, 7) is 0. The van der Waals surface area contributed by atoms with E-state index in [1.807, 2.05) is 0 Å². The number of methoxy groups -OCH3 is 1. The van der Waals surface area contributed by atoms with Gasteiger partial charge in [0.05, 0.1) is 12.8 Å². The second kappa shape index (κ2) is 5.48. The third-order valence-electron chi connectivity index (χ3n) is 2.54. The molecule has 2 rings (SSSR count). The van der Waals surface area contributed by atoms with E-state index in [0.29, 0.717) is 0 Å². The first kappa shape index (κ1) is 13.0. The van der Waals surface area contributed by atoms with Crippen molar-refractivity contribution in [1.82, 2.24) is 0 Å². The van der Waals surface area contributed by atoms with Gasteiger partial charge < -0.3 is 10.1 Å². The molecule has 0 radical (unpaired) electrons. The van der Waals surface area contributed by atoms with Crippen LogP contribution in [0.4, 0.5) is 14.5 Å². The number of carbonyl (C=O) groups excluding carboxylic acids is 1. The Labute approximate surface area is 108 Å². The highest BCUT2D eigenvalue weighted by Gasteiger charge is 2.11. The van der Waals surface area contributed by atoms with Crippen LogP contribution in [0.5, 0.6) is 5.75 Å². The number of hydrogen-bond donors (Lipinski definition) is 1. The van der Waals surface area contributed by atoms with E-state index in [1.165, 1.54) is 37.4 Å². The van der Waals surface area contributed by atoms with E-state index in [4.69, 9.17) is 4.74 Å². The number of rotatable bonds is 3. The van der Waals surface area contributed by atoms with Crippen molar-refractivity contribution < 1.29 is 18.3 Å². The molecule has 0 fully saturated rings. The summed E-state index contributed by atoms with van der Waals surface area (Å²) in [5.41, 5.74) is 0.130. The maximum atomic E-state index is 13.4. The summed E-state index contributed by atoms with van der Waals surface area (Å²) in [6, 6.07) is 9.53.